The van der Waals surface area contributed by atoms with E-state index in [1.807, 2.05) is 30.3 Å². The Labute approximate surface area is 117 Å². The number of nitriles is 1. The summed E-state index contributed by atoms with van der Waals surface area (Å²) >= 11 is 0. The van der Waals surface area contributed by atoms with Crippen LogP contribution in [0.25, 0.3) is 0 Å². The van der Waals surface area contributed by atoms with Crippen LogP contribution >= 0.6 is 0 Å². The van der Waals surface area contributed by atoms with E-state index in [0.29, 0.717) is 19.6 Å². The van der Waals surface area contributed by atoms with Gasteiger partial charge in [0.15, 0.2) is 0 Å². The highest BCUT2D eigenvalue weighted by molar-refractivity contribution is 5.43. The summed E-state index contributed by atoms with van der Waals surface area (Å²) in [5.41, 5.74) is -0.0588. The zero-order valence-electron chi connectivity index (χ0n) is 10.9. The van der Waals surface area contributed by atoms with E-state index in [1.54, 1.807) is 12.1 Å². The topological polar surface area (TPSA) is 42.2 Å². The molecule has 102 valence electrons. The maximum absolute atomic E-state index is 13.3. The normalized spacial score (nSPS) is 9.80. The lowest BCUT2D eigenvalue weighted by molar-refractivity contribution is 0.246. The summed E-state index contributed by atoms with van der Waals surface area (Å²) in [5.74, 6) is 0.508. The Morgan fingerprint density at radius 1 is 0.950 bits per heavy atom. The molecular formula is C16H14FNO2. The number of halogens is 1. The van der Waals surface area contributed by atoms with Crippen LogP contribution in [0.5, 0.6) is 11.5 Å². The maximum atomic E-state index is 13.3. The molecule has 0 fully saturated rings. The van der Waals surface area contributed by atoms with Gasteiger partial charge in [-0.15, -0.1) is 0 Å². The van der Waals surface area contributed by atoms with Gasteiger partial charge in [0.2, 0.25) is 0 Å². The molecule has 0 atom stereocenters. The second-order valence-electron chi connectivity index (χ2n) is 4.09. The molecule has 0 aliphatic rings. The number of ether oxygens (including phenoxy) is 2. The van der Waals surface area contributed by atoms with Crippen LogP contribution in [-0.4, -0.2) is 13.2 Å². The first-order chi connectivity index (χ1) is 9.81. The lowest BCUT2D eigenvalue weighted by Crippen LogP contribution is -2.06. The molecule has 2 rings (SSSR count). The second-order valence-corrected chi connectivity index (χ2v) is 4.09. The van der Waals surface area contributed by atoms with E-state index < -0.39 is 5.82 Å². The third kappa shape index (κ3) is 3.72. The fourth-order valence-corrected chi connectivity index (χ4v) is 1.68. The van der Waals surface area contributed by atoms with Gasteiger partial charge in [-0.2, -0.15) is 5.26 Å². The third-order valence-corrected chi connectivity index (χ3v) is 2.65. The molecule has 0 spiro atoms. The van der Waals surface area contributed by atoms with Crippen molar-refractivity contribution < 1.29 is 13.9 Å². The van der Waals surface area contributed by atoms with Crippen molar-refractivity contribution in [2.75, 3.05) is 13.2 Å². The second kappa shape index (κ2) is 7.15. The lowest BCUT2D eigenvalue weighted by Gasteiger charge is -2.09. The molecule has 4 heteroatoms. The first-order valence-electron chi connectivity index (χ1n) is 6.30. The van der Waals surface area contributed by atoms with Crippen molar-refractivity contribution in [1.82, 2.24) is 0 Å². The molecule has 0 radical (unpaired) electrons. The Morgan fingerprint density at radius 3 is 2.45 bits per heavy atom. The summed E-state index contributed by atoms with van der Waals surface area (Å²) in [5, 5.41) is 8.86. The van der Waals surface area contributed by atoms with Gasteiger partial charge < -0.3 is 9.47 Å². The molecule has 0 saturated heterocycles. The molecule has 0 N–H and O–H groups in total. The Balaban J connectivity index is 1.77. The molecule has 0 amide bonds. The fraction of sp³-hybridized carbons (Fsp3) is 0.188. The Kier molecular flexibility index (Phi) is 4.96. The van der Waals surface area contributed by atoms with Crippen LogP contribution in [-0.2, 0) is 0 Å². The van der Waals surface area contributed by atoms with Crippen LogP contribution in [0.3, 0.4) is 0 Å². The molecule has 0 heterocycles. The number of nitrogens with zero attached hydrogens (tertiary/aromatic N) is 1. The van der Waals surface area contributed by atoms with Crippen LogP contribution < -0.4 is 9.47 Å². The van der Waals surface area contributed by atoms with E-state index in [4.69, 9.17) is 14.7 Å². The van der Waals surface area contributed by atoms with E-state index in [1.165, 1.54) is 12.1 Å². The van der Waals surface area contributed by atoms with E-state index >= 15 is 0 Å². The van der Waals surface area contributed by atoms with Gasteiger partial charge in [0.05, 0.1) is 13.2 Å². The molecule has 20 heavy (non-hydrogen) atoms. The standard InChI is InChI=1S/C16H14FNO2/c17-15-8-4-9-16(14(15)12-18)20-11-5-10-19-13-6-2-1-3-7-13/h1-4,6-9H,5,10-11H2. The predicted molar refractivity (Wildman–Crippen MR) is 73.2 cm³/mol. The molecule has 0 bridgehead atoms. The molecule has 0 aliphatic carbocycles. The monoisotopic (exact) mass is 271 g/mol. The molecule has 0 saturated carbocycles. The number of para-hydroxylation sites is 1. The number of benzene rings is 2. The molecule has 0 aliphatic heterocycles. The van der Waals surface area contributed by atoms with E-state index in [2.05, 4.69) is 0 Å². The SMILES string of the molecule is N#Cc1c(F)cccc1OCCCOc1ccccc1. The van der Waals surface area contributed by atoms with Crippen LogP contribution in [0.2, 0.25) is 0 Å². The van der Waals surface area contributed by atoms with Gasteiger partial charge in [-0.3, -0.25) is 0 Å². The Bertz CT molecular complexity index is 593. The van der Waals surface area contributed by atoms with Gasteiger partial charge in [0.1, 0.15) is 28.9 Å². The maximum Gasteiger partial charge on any atom is 0.144 e. The fourth-order valence-electron chi connectivity index (χ4n) is 1.68. The molecule has 2 aromatic carbocycles. The summed E-state index contributed by atoms with van der Waals surface area (Å²) in [6, 6.07) is 15.6. The summed E-state index contributed by atoms with van der Waals surface area (Å²) < 4.78 is 24.2. The highest BCUT2D eigenvalue weighted by Crippen LogP contribution is 2.20. The van der Waals surface area contributed by atoms with Crippen molar-refractivity contribution in [3.63, 3.8) is 0 Å². The molecule has 2 aromatic rings. The number of rotatable bonds is 6. The van der Waals surface area contributed by atoms with Crippen molar-refractivity contribution in [3.05, 3.63) is 59.9 Å². The average molecular weight is 271 g/mol. The van der Waals surface area contributed by atoms with Crippen LogP contribution in [0.15, 0.2) is 48.5 Å². The zero-order chi connectivity index (χ0) is 14.2. The minimum atomic E-state index is -0.564. The summed E-state index contributed by atoms with van der Waals surface area (Å²) in [6.07, 6.45) is 0.649. The molecule has 3 nitrogen and oxygen atoms in total. The van der Waals surface area contributed by atoms with Gasteiger partial charge in [0, 0.05) is 6.42 Å². The van der Waals surface area contributed by atoms with Crippen LogP contribution in [0.4, 0.5) is 4.39 Å². The van der Waals surface area contributed by atoms with Gasteiger partial charge in [0.25, 0.3) is 0 Å². The van der Waals surface area contributed by atoms with Crippen molar-refractivity contribution in [2.24, 2.45) is 0 Å². The lowest BCUT2D eigenvalue weighted by atomic mass is 10.2. The van der Waals surface area contributed by atoms with Crippen molar-refractivity contribution in [1.29, 1.82) is 5.26 Å². The number of hydrogen-bond donors (Lipinski definition) is 0. The average Bonchev–Trinajstić information content (AvgIpc) is 2.48. The highest BCUT2D eigenvalue weighted by Gasteiger charge is 2.08. The van der Waals surface area contributed by atoms with E-state index in [9.17, 15) is 4.39 Å². The van der Waals surface area contributed by atoms with Gasteiger partial charge in [-0.1, -0.05) is 24.3 Å². The van der Waals surface area contributed by atoms with Crippen molar-refractivity contribution in [3.8, 4) is 17.6 Å². The Hall–Kier alpha value is -2.54. The predicted octanol–water partition coefficient (Wildman–Crippen LogP) is 3.55. The van der Waals surface area contributed by atoms with Gasteiger partial charge >= 0.3 is 0 Å². The Morgan fingerprint density at radius 2 is 1.70 bits per heavy atom. The highest BCUT2D eigenvalue weighted by atomic mass is 19.1. The summed E-state index contributed by atoms with van der Waals surface area (Å²) in [4.78, 5) is 0. The summed E-state index contributed by atoms with van der Waals surface area (Å²) in [7, 11) is 0. The largest absolute Gasteiger partial charge is 0.493 e. The minimum Gasteiger partial charge on any atom is -0.493 e. The third-order valence-electron chi connectivity index (χ3n) is 2.65. The van der Waals surface area contributed by atoms with Gasteiger partial charge in [-0.25, -0.2) is 4.39 Å². The zero-order valence-corrected chi connectivity index (χ0v) is 10.9. The van der Waals surface area contributed by atoms with Crippen LogP contribution in [0, 0.1) is 17.1 Å². The van der Waals surface area contributed by atoms with E-state index in [0.717, 1.165) is 5.75 Å². The van der Waals surface area contributed by atoms with Crippen LogP contribution in [0.1, 0.15) is 12.0 Å². The minimum absolute atomic E-state index is 0.0588. The summed E-state index contributed by atoms with van der Waals surface area (Å²) in [6.45, 7) is 0.867. The molecule has 0 aromatic heterocycles. The first kappa shape index (κ1) is 13.9. The van der Waals surface area contributed by atoms with Gasteiger partial charge in [-0.05, 0) is 24.3 Å². The van der Waals surface area contributed by atoms with E-state index in [-0.39, 0.29) is 11.3 Å². The quantitative estimate of drug-likeness (QED) is 0.754. The smallest absolute Gasteiger partial charge is 0.144 e. The van der Waals surface area contributed by atoms with Crippen molar-refractivity contribution >= 4 is 0 Å². The van der Waals surface area contributed by atoms with Crippen molar-refractivity contribution in [2.45, 2.75) is 6.42 Å². The molecular weight excluding hydrogens is 257 g/mol. The molecule has 0 unspecified atom stereocenters. The number of hydrogen-bond acceptors (Lipinski definition) is 3. The first-order valence-corrected chi connectivity index (χ1v) is 6.30.